The van der Waals surface area contributed by atoms with Crippen molar-refractivity contribution in [3.8, 4) is 0 Å². The minimum Gasteiger partial charge on any atom is -0.358 e. The maximum Gasteiger partial charge on any atom is 0.253 e. The van der Waals surface area contributed by atoms with Gasteiger partial charge in [-0.1, -0.05) is 35.9 Å². The number of para-hydroxylation sites is 1. The quantitative estimate of drug-likeness (QED) is 0.684. The summed E-state index contributed by atoms with van der Waals surface area (Å²) < 4.78 is 0. The van der Waals surface area contributed by atoms with Crippen molar-refractivity contribution in [2.24, 2.45) is 0 Å². The summed E-state index contributed by atoms with van der Waals surface area (Å²) in [6.45, 7) is 4.87. The molecule has 6 heteroatoms. The number of nitrogens with one attached hydrogen (secondary N) is 1. The molecule has 0 spiro atoms. The van der Waals surface area contributed by atoms with Crippen LogP contribution in [0.5, 0.6) is 0 Å². The van der Waals surface area contributed by atoms with E-state index in [4.69, 9.17) is 11.6 Å². The average Bonchev–Trinajstić information content (AvgIpc) is 3.04. The van der Waals surface area contributed by atoms with Crippen molar-refractivity contribution in [2.45, 2.75) is 6.92 Å². The summed E-state index contributed by atoms with van der Waals surface area (Å²) >= 11 is 5.99. The van der Waals surface area contributed by atoms with Gasteiger partial charge in [-0.3, -0.25) is 14.5 Å². The first-order chi connectivity index (χ1) is 13.5. The number of carbonyl (C=O) groups is 2. The highest BCUT2D eigenvalue weighted by Crippen LogP contribution is 2.23. The molecule has 0 saturated carbocycles. The molecule has 28 heavy (non-hydrogen) atoms. The third-order valence-electron chi connectivity index (χ3n) is 5.27. The highest BCUT2D eigenvalue weighted by atomic mass is 35.5. The lowest BCUT2D eigenvalue weighted by Crippen LogP contribution is -2.49. The second-order valence-corrected chi connectivity index (χ2v) is 7.61. The maximum absolute atomic E-state index is 12.9. The molecule has 1 aromatic heterocycles. The number of nitrogens with zero attached hydrogens (tertiary/aromatic N) is 2. The van der Waals surface area contributed by atoms with E-state index in [0.717, 1.165) is 22.2 Å². The predicted octanol–water partition coefficient (Wildman–Crippen LogP) is 3.77. The van der Waals surface area contributed by atoms with Crippen molar-refractivity contribution in [1.82, 2.24) is 14.8 Å². The van der Waals surface area contributed by atoms with Crippen molar-refractivity contribution in [3.05, 3.63) is 70.4 Å². The molecule has 0 bridgehead atoms. The molecule has 4 rings (SSSR count). The Morgan fingerprint density at radius 3 is 2.54 bits per heavy atom. The molecule has 3 aromatic rings. The summed E-state index contributed by atoms with van der Waals surface area (Å²) in [5.74, 6) is 0.102. The molecule has 1 aliphatic rings. The highest BCUT2D eigenvalue weighted by molar-refractivity contribution is 6.30. The zero-order valence-electron chi connectivity index (χ0n) is 15.7. The zero-order chi connectivity index (χ0) is 19.7. The lowest BCUT2D eigenvalue weighted by atomic mass is 10.1. The number of ketones is 1. The third kappa shape index (κ3) is 3.68. The van der Waals surface area contributed by atoms with Gasteiger partial charge in [0.25, 0.3) is 5.91 Å². The number of halogens is 1. The van der Waals surface area contributed by atoms with E-state index < -0.39 is 0 Å². The summed E-state index contributed by atoms with van der Waals surface area (Å²) in [7, 11) is 0. The molecular weight excluding hydrogens is 374 g/mol. The van der Waals surface area contributed by atoms with Gasteiger partial charge >= 0.3 is 0 Å². The Hall–Kier alpha value is -2.63. The number of benzene rings is 2. The number of aryl methyl sites for hydroxylation is 1. The molecule has 1 N–H and O–H groups in total. The lowest BCUT2D eigenvalue weighted by molar-refractivity contribution is 0.0624. The van der Waals surface area contributed by atoms with Crippen LogP contribution in [0.4, 0.5) is 0 Å². The maximum atomic E-state index is 12.9. The van der Waals surface area contributed by atoms with Crippen molar-refractivity contribution in [3.63, 3.8) is 0 Å². The number of amides is 1. The number of aromatic amines is 1. The van der Waals surface area contributed by atoms with Crippen LogP contribution < -0.4 is 0 Å². The molecule has 5 nitrogen and oxygen atoms in total. The summed E-state index contributed by atoms with van der Waals surface area (Å²) in [6.07, 6.45) is 0. The van der Waals surface area contributed by atoms with Crippen molar-refractivity contribution < 1.29 is 9.59 Å². The SMILES string of the molecule is Cc1[nH]c2ccccc2c1C(=O)CN1CCN(C(=O)c2cccc(Cl)c2)CC1. The summed E-state index contributed by atoms with van der Waals surface area (Å²) in [6, 6.07) is 14.9. The minimum absolute atomic E-state index is 0.0130. The van der Waals surface area contributed by atoms with E-state index in [1.165, 1.54) is 0 Å². The van der Waals surface area contributed by atoms with Crippen LogP contribution in [0.1, 0.15) is 26.4 Å². The molecular formula is C22H22ClN3O2. The second kappa shape index (κ2) is 7.78. The average molecular weight is 396 g/mol. The second-order valence-electron chi connectivity index (χ2n) is 7.17. The number of aromatic nitrogens is 1. The summed E-state index contributed by atoms with van der Waals surface area (Å²) in [5, 5.41) is 1.53. The topological polar surface area (TPSA) is 56.4 Å². The molecule has 0 aliphatic carbocycles. The Balaban J connectivity index is 1.40. The molecule has 1 amide bonds. The van der Waals surface area contributed by atoms with Crippen LogP contribution in [0.25, 0.3) is 10.9 Å². The fraction of sp³-hybridized carbons (Fsp3) is 0.273. The molecule has 0 radical (unpaired) electrons. The number of piperazine rings is 1. The first-order valence-corrected chi connectivity index (χ1v) is 9.78. The van der Waals surface area contributed by atoms with Crippen molar-refractivity contribution in [2.75, 3.05) is 32.7 Å². The normalized spacial score (nSPS) is 15.1. The van der Waals surface area contributed by atoms with Gasteiger partial charge in [-0.05, 0) is 31.2 Å². The molecule has 2 aromatic carbocycles. The van der Waals surface area contributed by atoms with Crippen LogP contribution in [0.15, 0.2) is 48.5 Å². The number of carbonyl (C=O) groups excluding carboxylic acids is 2. The van der Waals surface area contributed by atoms with E-state index in [1.807, 2.05) is 36.1 Å². The lowest BCUT2D eigenvalue weighted by Gasteiger charge is -2.34. The van der Waals surface area contributed by atoms with E-state index in [1.54, 1.807) is 24.3 Å². The summed E-state index contributed by atoms with van der Waals surface area (Å²) in [5.41, 5.74) is 3.26. The fourth-order valence-electron chi connectivity index (χ4n) is 3.83. The van der Waals surface area contributed by atoms with Crippen LogP contribution >= 0.6 is 11.6 Å². The van der Waals surface area contributed by atoms with Gasteiger partial charge in [0.15, 0.2) is 5.78 Å². The Morgan fingerprint density at radius 2 is 1.79 bits per heavy atom. The van der Waals surface area contributed by atoms with Gasteiger partial charge in [-0.25, -0.2) is 0 Å². The molecule has 1 fully saturated rings. The van der Waals surface area contributed by atoms with E-state index in [-0.39, 0.29) is 11.7 Å². The van der Waals surface area contributed by atoms with E-state index in [2.05, 4.69) is 9.88 Å². The Bertz CT molecular complexity index is 1040. The largest absolute Gasteiger partial charge is 0.358 e. The first kappa shape index (κ1) is 18.7. The van der Waals surface area contributed by atoms with E-state index in [9.17, 15) is 9.59 Å². The van der Waals surface area contributed by atoms with Gasteiger partial charge in [0, 0.05) is 58.9 Å². The van der Waals surface area contributed by atoms with E-state index in [0.29, 0.717) is 43.3 Å². The molecule has 2 heterocycles. The highest BCUT2D eigenvalue weighted by Gasteiger charge is 2.25. The Morgan fingerprint density at radius 1 is 1.04 bits per heavy atom. The number of hydrogen-bond donors (Lipinski definition) is 1. The van der Waals surface area contributed by atoms with Crippen molar-refractivity contribution in [1.29, 1.82) is 0 Å². The third-order valence-corrected chi connectivity index (χ3v) is 5.51. The van der Waals surface area contributed by atoms with Gasteiger partial charge in [0.1, 0.15) is 0 Å². The van der Waals surface area contributed by atoms with E-state index >= 15 is 0 Å². The Labute approximate surface area is 168 Å². The smallest absolute Gasteiger partial charge is 0.253 e. The number of fused-ring (bicyclic) bond motifs is 1. The molecule has 0 unspecified atom stereocenters. The number of rotatable bonds is 4. The standard InChI is InChI=1S/C22H22ClN3O2/c1-15-21(18-7-2-3-8-19(18)24-15)20(27)14-25-9-11-26(12-10-25)22(28)16-5-4-6-17(23)13-16/h2-8,13,24H,9-12,14H2,1H3. The summed E-state index contributed by atoms with van der Waals surface area (Å²) in [4.78, 5) is 32.8. The number of H-pyrrole nitrogens is 1. The van der Waals surface area contributed by atoms with Crippen LogP contribution in [0, 0.1) is 6.92 Å². The van der Waals surface area contributed by atoms with Crippen LogP contribution in [0.2, 0.25) is 5.02 Å². The van der Waals surface area contributed by atoms with Gasteiger partial charge in [-0.15, -0.1) is 0 Å². The molecule has 144 valence electrons. The van der Waals surface area contributed by atoms with Crippen molar-refractivity contribution >= 4 is 34.2 Å². The fourth-order valence-corrected chi connectivity index (χ4v) is 4.02. The number of hydrogen-bond acceptors (Lipinski definition) is 3. The van der Waals surface area contributed by atoms with Crippen LogP contribution in [0.3, 0.4) is 0 Å². The molecule has 1 aliphatic heterocycles. The first-order valence-electron chi connectivity index (χ1n) is 9.40. The van der Waals surface area contributed by atoms with Gasteiger partial charge in [0.05, 0.1) is 6.54 Å². The van der Waals surface area contributed by atoms with Gasteiger partial charge < -0.3 is 9.88 Å². The predicted molar refractivity (Wildman–Crippen MR) is 111 cm³/mol. The molecule has 0 atom stereocenters. The Kier molecular flexibility index (Phi) is 5.20. The minimum atomic E-state index is -0.0130. The zero-order valence-corrected chi connectivity index (χ0v) is 16.5. The van der Waals surface area contributed by atoms with Gasteiger partial charge in [-0.2, -0.15) is 0 Å². The van der Waals surface area contributed by atoms with Gasteiger partial charge in [0.2, 0.25) is 0 Å². The van der Waals surface area contributed by atoms with Crippen LogP contribution in [-0.2, 0) is 0 Å². The number of Topliss-reactive ketones (excluding diaryl/α,β-unsaturated/α-hetero) is 1. The van der Waals surface area contributed by atoms with Crippen LogP contribution in [-0.4, -0.2) is 59.2 Å². The molecule has 1 saturated heterocycles. The monoisotopic (exact) mass is 395 g/mol.